The van der Waals surface area contributed by atoms with Crippen molar-refractivity contribution in [3.8, 4) is 0 Å². The van der Waals surface area contributed by atoms with Gasteiger partial charge in [0.15, 0.2) is 0 Å². The first-order valence-electron chi connectivity index (χ1n) is 9.18. The molecule has 1 aromatic heterocycles. The standard InChI is InChI=1S/C20H23N3O5S2/c1-20(2,3)28-19(24)22-16(18-21-15-6-4-5-7-17(15)29-18)12-13-8-10-14(11-9-13)23-30(25,26)27/h4-11,16,23H,12H2,1-3H3,(H,22,24)(H,25,26,27)/t16-/m0/s1. The van der Waals surface area contributed by atoms with Crippen molar-refractivity contribution in [2.75, 3.05) is 4.72 Å². The third kappa shape index (κ3) is 6.41. The topological polar surface area (TPSA) is 118 Å². The van der Waals surface area contributed by atoms with Crippen LogP contribution in [0.2, 0.25) is 0 Å². The van der Waals surface area contributed by atoms with Gasteiger partial charge in [-0.05, 0) is 57.0 Å². The van der Waals surface area contributed by atoms with Gasteiger partial charge >= 0.3 is 16.4 Å². The van der Waals surface area contributed by atoms with E-state index < -0.39 is 28.0 Å². The summed E-state index contributed by atoms with van der Waals surface area (Å²) in [6, 6.07) is 13.8. The van der Waals surface area contributed by atoms with Crippen molar-refractivity contribution in [1.82, 2.24) is 10.3 Å². The van der Waals surface area contributed by atoms with E-state index in [0.29, 0.717) is 6.42 Å². The summed E-state index contributed by atoms with van der Waals surface area (Å²) in [6.45, 7) is 5.38. The molecule has 2 aromatic carbocycles. The molecule has 8 nitrogen and oxygen atoms in total. The Kier molecular flexibility index (Phi) is 6.30. The van der Waals surface area contributed by atoms with Crippen LogP contribution in [0.5, 0.6) is 0 Å². The molecule has 0 aliphatic rings. The molecule has 160 valence electrons. The van der Waals surface area contributed by atoms with Crippen LogP contribution in [0.4, 0.5) is 10.5 Å². The van der Waals surface area contributed by atoms with Gasteiger partial charge in [-0.15, -0.1) is 11.3 Å². The van der Waals surface area contributed by atoms with Crippen molar-refractivity contribution in [3.63, 3.8) is 0 Å². The Morgan fingerprint density at radius 3 is 2.43 bits per heavy atom. The molecule has 3 N–H and O–H groups in total. The Morgan fingerprint density at radius 1 is 1.17 bits per heavy atom. The Hall–Kier alpha value is -2.69. The van der Waals surface area contributed by atoms with E-state index in [1.165, 1.54) is 23.5 Å². The Bertz CT molecular complexity index is 1100. The van der Waals surface area contributed by atoms with Crippen molar-refractivity contribution in [2.24, 2.45) is 0 Å². The van der Waals surface area contributed by atoms with Crippen LogP contribution in [-0.2, 0) is 21.5 Å². The molecule has 0 bridgehead atoms. The number of benzene rings is 2. The fraction of sp³-hybridized carbons (Fsp3) is 0.300. The molecule has 1 heterocycles. The number of para-hydroxylation sites is 1. The smallest absolute Gasteiger partial charge is 0.408 e. The summed E-state index contributed by atoms with van der Waals surface area (Å²) in [5.74, 6) is 0. The average Bonchev–Trinajstić information content (AvgIpc) is 3.04. The van der Waals surface area contributed by atoms with Crippen LogP contribution in [-0.4, -0.2) is 29.6 Å². The van der Waals surface area contributed by atoms with Crippen LogP contribution in [0.1, 0.15) is 37.4 Å². The third-order valence-electron chi connectivity index (χ3n) is 3.94. The predicted octanol–water partition coefficient (Wildman–Crippen LogP) is 4.32. The molecule has 0 saturated heterocycles. The number of thiazole rings is 1. The number of aromatic nitrogens is 1. The molecule has 3 aromatic rings. The molecule has 0 spiro atoms. The lowest BCUT2D eigenvalue weighted by atomic mass is 10.1. The number of carbonyl (C=O) groups excluding carboxylic acids is 1. The number of nitrogens with one attached hydrogen (secondary N) is 2. The highest BCUT2D eigenvalue weighted by Crippen LogP contribution is 2.29. The van der Waals surface area contributed by atoms with Gasteiger partial charge in [-0.1, -0.05) is 24.3 Å². The fourth-order valence-corrected chi connectivity index (χ4v) is 4.24. The van der Waals surface area contributed by atoms with Gasteiger partial charge in [0, 0.05) is 0 Å². The highest BCUT2D eigenvalue weighted by molar-refractivity contribution is 7.87. The van der Waals surface area contributed by atoms with E-state index in [4.69, 9.17) is 9.29 Å². The average molecular weight is 450 g/mol. The predicted molar refractivity (Wildman–Crippen MR) is 117 cm³/mol. The molecule has 0 radical (unpaired) electrons. The normalized spacial score (nSPS) is 13.1. The third-order valence-corrected chi connectivity index (χ3v) is 5.58. The van der Waals surface area contributed by atoms with E-state index in [0.717, 1.165) is 20.8 Å². The summed E-state index contributed by atoms with van der Waals surface area (Å²) in [7, 11) is -4.34. The molecule has 30 heavy (non-hydrogen) atoms. The molecule has 10 heteroatoms. The number of rotatable bonds is 6. The van der Waals surface area contributed by atoms with E-state index in [1.54, 1.807) is 32.9 Å². The lowest BCUT2D eigenvalue weighted by molar-refractivity contribution is 0.0503. The maximum absolute atomic E-state index is 12.4. The summed E-state index contributed by atoms with van der Waals surface area (Å²) < 4.78 is 39.2. The molecule has 0 fully saturated rings. The summed E-state index contributed by atoms with van der Waals surface area (Å²) in [5, 5.41) is 3.63. The zero-order valence-corrected chi connectivity index (χ0v) is 18.4. The SMILES string of the molecule is CC(C)(C)OC(=O)N[C@@H](Cc1ccc(NS(=O)(=O)O)cc1)c1nc2ccccc2s1. The summed E-state index contributed by atoms with van der Waals surface area (Å²) in [5.41, 5.74) is 1.29. The second-order valence-electron chi connectivity index (χ2n) is 7.70. The Balaban J connectivity index is 1.84. The Morgan fingerprint density at radius 2 is 1.83 bits per heavy atom. The van der Waals surface area contributed by atoms with Crippen molar-refractivity contribution in [2.45, 2.75) is 38.8 Å². The zero-order valence-electron chi connectivity index (χ0n) is 16.7. The van der Waals surface area contributed by atoms with Crippen LogP contribution >= 0.6 is 11.3 Å². The Labute approximate surface area is 179 Å². The van der Waals surface area contributed by atoms with Crippen LogP contribution in [0, 0.1) is 0 Å². The van der Waals surface area contributed by atoms with E-state index in [2.05, 4.69) is 10.3 Å². The molecule has 1 amide bonds. The number of alkyl carbamates (subject to hydrolysis) is 1. The van der Waals surface area contributed by atoms with Crippen molar-refractivity contribution >= 4 is 43.6 Å². The monoisotopic (exact) mass is 449 g/mol. The number of nitrogens with zero attached hydrogens (tertiary/aromatic N) is 1. The molecule has 0 saturated carbocycles. The second-order valence-corrected chi connectivity index (χ2v) is 9.91. The number of hydrogen-bond donors (Lipinski definition) is 3. The van der Waals surface area contributed by atoms with Crippen LogP contribution < -0.4 is 10.0 Å². The summed E-state index contributed by atoms with van der Waals surface area (Å²) >= 11 is 1.49. The highest BCUT2D eigenvalue weighted by Gasteiger charge is 2.23. The van der Waals surface area contributed by atoms with Crippen LogP contribution in [0.25, 0.3) is 10.2 Å². The van der Waals surface area contributed by atoms with E-state index in [9.17, 15) is 13.2 Å². The lowest BCUT2D eigenvalue weighted by Crippen LogP contribution is -2.35. The van der Waals surface area contributed by atoms with Crippen LogP contribution in [0.15, 0.2) is 48.5 Å². The molecule has 1 atom stereocenters. The molecule has 0 aliphatic carbocycles. The van der Waals surface area contributed by atoms with E-state index >= 15 is 0 Å². The van der Waals surface area contributed by atoms with Gasteiger partial charge in [0.25, 0.3) is 0 Å². The number of anilines is 1. The second kappa shape index (κ2) is 8.58. The first kappa shape index (κ1) is 22.0. The zero-order chi connectivity index (χ0) is 21.9. The van der Waals surface area contributed by atoms with Gasteiger partial charge in [-0.25, -0.2) is 9.78 Å². The number of ether oxygens (including phenoxy) is 1. The van der Waals surface area contributed by atoms with Crippen molar-refractivity contribution in [3.05, 3.63) is 59.1 Å². The number of hydrogen-bond acceptors (Lipinski definition) is 6. The molecular formula is C20H23N3O5S2. The van der Waals surface area contributed by atoms with Gasteiger partial charge in [0.1, 0.15) is 10.6 Å². The lowest BCUT2D eigenvalue weighted by Gasteiger charge is -2.23. The largest absolute Gasteiger partial charge is 0.444 e. The van der Waals surface area contributed by atoms with Crippen molar-refractivity contribution < 1.29 is 22.5 Å². The minimum atomic E-state index is -4.34. The quantitative estimate of drug-likeness (QED) is 0.483. The van der Waals surface area contributed by atoms with Gasteiger partial charge in [-0.2, -0.15) is 8.42 Å². The van der Waals surface area contributed by atoms with E-state index in [-0.39, 0.29) is 5.69 Å². The summed E-state index contributed by atoms with van der Waals surface area (Å²) in [6.07, 6.45) is -0.123. The van der Waals surface area contributed by atoms with Gasteiger partial charge in [0.2, 0.25) is 0 Å². The summed E-state index contributed by atoms with van der Waals surface area (Å²) in [4.78, 5) is 17.0. The van der Waals surface area contributed by atoms with Gasteiger partial charge < -0.3 is 10.1 Å². The minimum absolute atomic E-state index is 0.234. The first-order valence-corrected chi connectivity index (χ1v) is 11.4. The maximum Gasteiger partial charge on any atom is 0.408 e. The maximum atomic E-state index is 12.4. The molecule has 3 rings (SSSR count). The molecule has 0 unspecified atom stereocenters. The number of carbonyl (C=O) groups is 1. The van der Waals surface area contributed by atoms with Crippen LogP contribution in [0.3, 0.4) is 0 Å². The molecule has 0 aliphatic heterocycles. The van der Waals surface area contributed by atoms with Gasteiger partial charge in [0.05, 0.1) is 21.9 Å². The highest BCUT2D eigenvalue weighted by atomic mass is 32.2. The van der Waals surface area contributed by atoms with Crippen molar-refractivity contribution in [1.29, 1.82) is 0 Å². The number of amides is 1. The van der Waals surface area contributed by atoms with Gasteiger partial charge in [-0.3, -0.25) is 9.27 Å². The fourth-order valence-electron chi connectivity index (χ4n) is 2.78. The number of fused-ring (bicyclic) bond motifs is 1. The molecular weight excluding hydrogens is 426 g/mol. The first-order chi connectivity index (χ1) is 14.0. The van der Waals surface area contributed by atoms with E-state index in [1.807, 2.05) is 29.0 Å². The minimum Gasteiger partial charge on any atom is -0.444 e.